The molecule has 0 atom stereocenters. The molecule has 3 nitrogen and oxygen atoms in total. The third kappa shape index (κ3) is 2.66. The zero-order valence-electron chi connectivity index (χ0n) is 13.2. The van der Waals surface area contributed by atoms with Gasteiger partial charge < -0.3 is 0 Å². The summed E-state index contributed by atoms with van der Waals surface area (Å²) < 4.78 is 3.26. The van der Waals surface area contributed by atoms with Crippen molar-refractivity contribution >= 4 is 35.4 Å². The van der Waals surface area contributed by atoms with Gasteiger partial charge in [-0.2, -0.15) is 0 Å². The van der Waals surface area contributed by atoms with Gasteiger partial charge in [-0.05, 0) is 42.8 Å². The molecule has 0 N–H and O–H groups in total. The van der Waals surface area contributed by atoms with Gasteiger partial charge in [0.2, 0.25) is 0 Å². The number of benzene rings is 2. The van der Waals surface area contributed by atoms with Crippen LogP contribution in [-0.2, 0) is 0 Å². The Morgan fingerprint density at radius 1 is 0.720 bits per heavy atom. The fraction of sp³-hybridized carbons (Fsp3) is 0.0500. The van der Waals surface area contributed by atoms with Crippen molar-refractivity contribution in [2.75, 3.05) is 0 Å². The fourth-order valence-corrected chi connectivity index (χ4v) is 3.47. The maximum absolute atomic E-state index is 13.3. The lowest BCUT2D eigenvalue weighted by molar-refractivity contribution is 0.902. The van der Waals surface area contributed by atoms with E-state index in [1.165, 1.54) is 0 Å². The van der Waals surface area contributed by atoms with Crippen LogP contribution in [-0.4, -0.2) is 9.13 Å². The van der Waals surface area contributed by atoms with E-state index >= 15 is 0 Å². The molecule has 1 heterocycles. The average Bonchev–Trinajstić information content (AvgIpc) is 2.76. The van der Waals surface area contributed by atoms with Gasteiger partial charge in [0.05, 0.1) is 32.8 Å². The number of halogens is 2. The first-order valence-corrected chi connectivity index (χ1v) is 8.64. The van der Waals surface area contributed by atoms with E-state index in [4.69, 9.17) is 23.2 Å². The third-order valence-electron chi connectivity index (χ3n) is 4.14. The number of imidazole rings is 1. The van der Waals surface area contributed by atoms with Gasteiger partial charge >= 0.3 is 5.69 Å². The Hall–Kier alpha value is -2.49. The summed E-state index contributed by atoms with van der Waals surface area (Å²) in [5, 5.41) is 1.04. The molecule has 124 valence electrons. The largest absolute Gasteiger partial charge is 0.338 e. The van der Waals surface area contributed by atoms with Crippen LogP contribution in [0.15, 0.2) is 65.5 Å². The molecule has 0 spiro atoms. The quantitative estimate of drug-likeness (QED) is 0.597. The van der Waals surface area contributed by atoms with Crippen LogP contribution in [0.4, 0.5) is 0 Å². The summed E-state index contributed by atoms with van der Waals surface area (Å²) in [7, 11) is 0. The number of hydrogen-bond acceptors (Lipinski definition) is 1. The average molecular weight is 369 g/mol. The van der Waals surface area contributed by atoms with Gasteiger partial charge in [-0.25, -0.2) is 4.79 Å². The van der Waals surface area contributed by atoms with Crippen LogP contribution in [0.5, 0.6) is 0 Å². The van der Waals surface area contributed by atoms with Gasteiger partial charge in [0.1, 0.15) is 0 Å². The monoisotopic (exact) mass is 368 g/mol. The highest BCUT2D eigenvalue weighted by atomic mass is 35.5. The van der Waals surface area contributed by atoms with Crippen molar-refractivity contribution in [2.45, 2.75) is 6.42 Å². The van der Waals surface area contributed by atoms with Crippen molar-refractivity contribution in [1.29, 1.82) is 0 Å². The lowest BCUT2D eigenvalue weighted by Crippen LogP contribution is -2.23. The van der Waals surface area contributed by atoms with Crippen LogP contribution in [0.2, 0.25) is 10.0 Å². The number of hydrogen-bond donors (Lipinski definition) is 0. The molecule has 5 heteroatoms. The summed E-state index contributed by atoms with van der Waals surface area (Å²) in [5.74, 6) is 0. The molecule has 0 aliphatic heterocycles. The molecular weight excluding hydrogens is 355 g/mol. The zero-order chi connectivity index (χ0) is 17.4. The molecule has 2 aromatic carbocycles. The first-order chi connectivity index (χ1) is 12.2. The molecule has 1 aromatic heterocycles. The van der Waals surface area contributed by atoms with Gasteiger partial charge in [0.15, 0.2) is 0 Å². The standard InChI is InChI=1S/C20H14Cl2N2O/c21-14-8-4-6-10-16(14)23-18-12-2-1-3-13-19(18)24(20(23)25)17-11-7-5-9-15(17)22/h2-13H,1H2. The predicted octanol–water partition coefficient (Wildman–Crippen LogP) is 5.37. The van der Waals surface area contributed by atoms with Crippen molar-refractivity contribution in [3.63, 3.8) is 0 Å². The summed E-state index contributed by atoms with van der Waals surface area (Å²) in [5.41, 5.74) is 2.66. The summed E-state index contributed by atoms with van der Waals surface area (Å²) in [4.78, 5) is 13.3. The number of fused-ring (bicyclic) bond motifs is 1. The van der Waals surface area contributed by atoms with Gasteiger partial charge in [-0.1, -0.05) is 59.6 Å². The van der Waals surface area contributed by atoms with Crippen molar-refractivity contribution < 1.29 is 0 Å². The summed E-state index contributed by atoms with van der Waals surface area (Å²) >= 11 is 12.7. The molecule has 0 bridgehead atoms. The Balaban J connectivity index is 2.12. The molecule has 0 saturated carbocycles. The minimum Gasteiger partial charge on any atom is -0.259 e. The van der Waals surface area contributed by atoms with E-state index in [1.54, 1.807) is 21.3 Å². The highest BCUT2D eigenvalue weighted by Gasteiger charge is 2.21. The summed E-state index contributed by atoms with van der Waals surface area (Å²) in [6.45, 7) is 0. The first-order valence-electron chi connectivity index (χ1n) is 7.89. The highest BCUT2D eigenvalue weighted by molar-refractivity contribution is 6.32. The van der Waals surface area contributed by atoms with E-state index in [2.05, 4.69) is 0 Å². The number of nitrogens with zero attached hydrogens (tertiary/aromatic N) is 2. The van der Waals surface area contributed by atoms with Crippen LogP contribution in [0.3, 0.4) is 0 Å². The first kappa shape index (κ1) is 16.0. The smallest absolute Gasteiger partial charge is 0.259 e. The molecule has 0 unspecified atom stereocenters. The van der Waals surface area contributed by atoms with Crippen LogP contribution >= 0.6 is 23.2 Å². The second-order valence-electron chi connectivity index (χ2n) is 5.67. The van der Waals surface area contributed by atoms with Crippen LogP contribution < -0.4 is 5.69 Å². The molecule has 25 heavy (non-hydrogen) atoms. The maximum atomic E-state index is 13.3. The third-order valence-corrected chi connectivity index (χ3v) is 4.78. The number of allylic oxidation sites excluding steroid dienone is 2. The van der Waals surface area contributed by atoms with Crippen molar-refractivity contribution in [3.05, 3.63) is 92.6 Å². The molecule has 0 radical (unpaired) electrons. The molecule has 3 aromatic rings. The Labute approximate surface area is 155 Å². The van der Waals surface area contributed by atoms with E-state index in [1.807, 2.05) is 60.7 Å². The Morgan fingerprint density at radius 2 is 1.16 bits per heavy atom. The molecule has 4 rings (SSSR count). The van der Waals surface area contributed by atoms with E-state index in [9.17, 15) is 4.79 Å². The minimum absolute atomic E-state index is 0.206. The van der Waals surface area contributed by atoms with Crippen LogP contribution in [0.25, 0.3) is 23.5 Å². The molecule has 1 aliphatic carbocycles. The predicted molar refractivity (Wildman–Crippen MR) is 104 cm³/mol. The number of rotatable bonds is 2. The van der Waals surface area contributed by atoms with Gasteiger partial charge in [-0.15, -0.1) is 0 Å². The normalized spacial score (nSPS) is 12.9. The van der Waals surface area contributed by atoms with Crippen molar-refractivity contribution in [1.82, 2.24) is 9.13 Å². The summed E-state index contributed by atoms with van der Waals surface area (Å²) in [6, 6.07) is 14.6. The highest BCUT2D eigenvalue weighted by Crippen LogP contribution is 2.28. The molecular formula is C20H14Cl2N2O. The molecule has 0 amide bonds. The van der Waals surface area contributed by atoms with E-state index in [0.29, 0.717) is 21.4 Å². The van der Waals surface area contributed by atoms with Gasteiger partial charge in [-0.3, -0.25) is 9.13 Å². The van der Waals surface area contributed by atoms with Gasteiger partial charge in [0, 0.05) is 0 Å². The Bertz CT molecular complexity index is 992. The SMILES string of the molecule is O=c1n(-c2ccccc2Cl)c2c(n1-c1ccccc1Cl)C=CCC=C2. The lowest BCUT2D eigenvalue weighted by atomic mass is 10.2. The zero-order valence-corrected chi connectivity index (χ0v) is 14.7. The fourth-order valence-electron chi connectivity index (χ4n) is 3.02. The molecule has 1 aliphatic rings. The van der Waals surface area contributed by atoms with E-state index < -0.39 is 0 Å². The second-order valence-corrected chi connectivity index (χ2v) is 6.48. The van der Waals surface area contributed by atoms with E-state index in [-0.39, 0.29) is 5.69 Å². The van der Waals surface area contributed by atoms with Crippen molar-refractivity contribution in [3.8, 4) is 11.4 Å². The topological polar surface area (TPSA) is 26.9 Å². The maximum Gasteiger partial charge on any atom is 0.338 e. The van der Waals surface area contributed by atoms with Crippen LogP contribution in [0, 0.1) is 0 Å². The lowest BCUT2D eigenvalue weighted by Gasteiger charge is -2.07. The van der Waals surface area contributed by atoms with Crippen LogP contribution in [0.1, 0.15) is 17.8 Å². The van der Waals surface area contributed by atoms with E-state index in [0.717, 1.165) is 17.8 Å². The number of aromatic nitrogens is 2. The Morgan fingerprint density at radius 3 is 1.60 bits per heavy atom. The Kier molecular flexibility index (Phi) is 4.12. The molecule has 0 fully saturated rings. The minimum atomic E-state index is -0.206. The number of para-hydroxylation sites is 2. The summed E-state index contributed by atoms with van der Waals surface area (Å²) in [6.07, 6.45) is 8.74. The molecule has 0 saturated heterocycles. The van der Waals surface area contributed by atoms with Gasteiger partial charge in [0.25, 0.3) is 0 Å². The van der Waals surface area contributed by atoms with Crippen molar-refractivity contribution in [2.24, 2.45) is 0 Å². The second kappa shape index (κ2) is 6.43.